The number of carboxylic acids is 4. The lowest BCUT2D eigenvalue weighted by Crippen LogP contribution is -2.48. The van der Waals surface area contributed by atoms with Gasteiger partial charge in [-0.3, -0.25) is 38.4 Å². The zero-order valence-corrected chi connectivity index (χ0v) is 85.8. The predicted octanol–water partition coefficient (Wildman–Crippen LogP) is 17.9. The Labute approximate surface area is 869 Å². The highest BCUT2D eigenvalue weighted by molar-refractivity contribution is 6.00. The van der Waals surface area contributed by atoms with Gasteiger partial charge in [0.2, 0.25) is 23.6 Å². The molecule has 0 radical (unpaired) electrons. The number of hydrogen-bond acceptors (Lipinski definition) is 16. The molecule has 0 bridgehead atoms. The Morgan fingerprint density at radius 3 is 0.980 bits per heavy atom. The van der Waals surface area contributed by atoms with Crippen molar-refractivity contribution in [3.63, 3.8) is 0 Å². The molecule has 12 N–H and O–H groups in total. The number of fused-ring (bicyclic) bond motifs is 2. The number of nitrogens with two attached hydrogens (primary N) is 4. The standard InChI is InChI=1S/C31H42FN3O4.C31H36FN3O4.C29H35FN2O4.C28H33FN2O4/c2*1-34-26-12-7-19(15-23(26)17-27(34)31(38)39)16-28(36)29-24(20-5-3-2-4-6-20)13-14-35(29)30(37)22-10-8-21(9-11-22)25(33)18-32;1-2-25(31)19-8-10-20(11-9-19)28(34)32-15-14-23(18-6-4-3-5-7-18)27(32)26(33)17-21-12-13-22(29(35)36)16-24(21)30;29-17-24(30)20-10-12-21(13-11-20)27(33)31-15-14-23(19-4-2-1-3-5-19)26(31)25(32)16-18-6-8-22(9-7-18)28(34)35/h7,12,15,17,20-22,24-25,29H,2-6,8-11,13-14,16,18,33H2,1H3,(H,38,39);2-7,12,15,17,21-22,24-25,29H,8-11,13-14,16,18,33H2,1H3,(H,38,39);3-7,12-13,16,19-20,23,25,27H,2,8-11,14-15,17,31H2,1H3,(H,35,36);1-9,20-21,23-24,26H,10-17,30H2,(H,34,35)/t2*21?,22?,24-,25?,29-;19?,20?,23-,25?,27+;20?,21?,23-,24?,26+/m0011/s1. The third-order valence-electron chi connectivity index (χ3n) is 34.6. The number of aryl methyl sites for hydroxylation is 2. The van der Waals surface area contributed by atoms with E-state index in [4.69, 9.17) is 33.1 Å². The molecule has 4 amide bonds. The molecule has 796 valence electrons. The van der Waals surface area contributed by atoms with Crippen molar-refractivity contribution in [2.24, 2.45) is 96.2 Å². The number of likely N-dealkylation sites (tertiary alicyclic amines) is 4. The molecule has 149 heavy (non-hydrogen) atoms. The highest BCUT2D eigenvalue weighted by Crippen LogP contribution is 2.47. The Morgan fingerprint density at radius 2 is 0.644 bits per heavy atom. The van der Waals surface area contributed by atoms with E-state index in [0.29, 0.717) is 95.8 Å². The summed E-state index contributed by atoms with van der Waals surface area (Å²) >= 11 is 0. The van der Waals surface area contributed by atoms with Gasteiger partial charge in [0.15, 0.2) is 23.1 Å². The smallest absolute Gasteiger partial charge is 0.352 e. The Bertz CT molecular complexity index is 6190. The maximum atomic E-state index is 14.6. The SMILES string of the molecule is CCC(N)C1CCC(C(=O)N2CC[C@H](c3ccccc3)[C@H]2C(=O)Cc2ccc(C(=O)O)cc2F)CC1.Cn1c(C(=O)O)cc2cc(CC(=O)[C@@H]3[C@H](C4CCCCC4)CCN3C(=O)C3CCC(C(N)CF)CC3)ccc21.Cn1c(C(=O)O)cc2cc(CC(=O)[C@@H]3[C@H](c4ccccc4)CCN3C(=O)C3CCC(C(N)CF)CC3)ccc21.NC(CF)C1CCC(C(=O)N2CC[C@H](c3ccccc3)[C@H]2C(=O)Cc2ccc(C(=O)O)cc2)CC1. The summed E-state index contributed by atoms with van der Waals surface area (Å²) in [7, 11) is 3.44. The van der Waals surface area contributed by atoms with Crippen molar-refractivity contribution in [3.8, 4) is 0 Å². The summed E-state index contributed by atoms with van der Waals surface area (Å²) in [6.07, 6.45) is 22.0. The Hall–Kier alpha value is -12.4. The normalized spacial score (nSPS) is 25.4. The molecule has 30 heteroatoms. The molecule has 5 aliphatic carbocycles. The van der Waals surface area contributed by atoms with Gasteiger partial charge in [0, 0.05) is 153 Å². The van der Waals surface area contributed by atoms with E-state index in [1.165, 1.54) is 43.5 Å². The summed E-state index contributed by atoms with van der Waals surface area (Å²) in [5.74, 6) is -4.51. The Kier molecular flexibility index (Phi) is 37.9. The first kappa shape index (κ1) is 111. The van der Waals surface area contributed by atoms with Crippen LogP contribution in [-0.2, 0) is 78.1 Å². The van der Waals surface area contributed by atoms with E-state index in [9.17, 15) is 85.3 Å². The van der Waals surface area contributed by atoms with E-state index in [1.807, 2.05) is 132 Å². The van der Waals surface area contributed by atoms with Gasteiger partial charge in [-0.15, -0.1) is 0 Å². The number of ketones is 4. The van der Waals surface area contributed by atoms with E-state index >= 15 is 0 Å². The molecule has 18 rings (SSSR count). The number of benzene rings is 7. The molecular weight excluding hydrogens is 1900 g/mol. The van der Waals surface area contributed by atoms with Crippen LogP contribution in [0.5, 0.6) is 0 Å². The Morgan fingerprint density at radius 1 is 0.329 bits per heavy atom. The van der Waals surface area contributed by atoms with Gasteiger partial charge in [0.05, 0.1) is 35.3 Å². The van der Waals surface area contributed by atoms with Crippen LogP contribution in [0.1, 0.15) is 272 Å². The number of carbonyl (C=O) groups excluding carboxylic acids is 8. The number of alkyl halides is 3. The van der Waals surface area contributed by atoms with Crippen molar-refractivity contribution in [2.75, 3.05) is 46.2 Å². The second-order valence-corrected chi connectivity index (χ2v) is 43.4. The number of carbonyl (C=O) groups is 12. The maximum Gasteiger partial charge on any atom is 0.352 e. The lowest BCUT2D eigenvalue weighted by Gasteiger charge is -2.37. The van der Waals surface area contributed by atoms with Gasteiger partial charge >= 0.3 is 23.9 Å². The van der Waals surface area contributed by atoms with Crippen LogP contribution in [0.3, 0.4) is 0 Å². The minimum absolute atomic E-state index is 0.00951. The summed E-state index contributed by atoms with van der Waals surface area (Å²) < 4.78 is 57.1. The topological polar surface area (TPSA) is 413 Å². The molecule has 4 aliphatic heterocycles. The highest BCUT2D eigenvalue weighted by atomic mass is 19.1. The van der Waals surface area contributed by atoms with Crippen LogP contribution in [-0.4, -0.2) is 214 Å². The quantitative estimate of drug-likeness (QED) is 0.0182. The zero-order valence-electron chi connectivity index (χ0n) is 85.8. The zero-order chi connectivity index (χ0) is 106. The van der Waals surface area contributed by atoms with Crippen LogP contribution in [0.15, 0.2) is 182 Å². The molecule has 5 saturated carbocycles. The van der Waals surface area contributed by atoms with Gasteiger partial charge in [-0.05, 0) is 270 Å². The fraction of sp³-hybridized carbons (Fsp3) is 0.513. The van der Waals surface area contributed by atoms with Crippen LogP contribution < -0.4 is 22.9 Å². The number of nitrogens with zero attached hydrogens (tertiary/aromatic N) is 6. The minimum Gasteiger partial charge on any atom is -0.478 e. The first-order valence-corrected chi connectivity index (χ1v) is 53.9. The van der Waals surface area contributed by atoms with Crippen LogP contribution in [0, 0.1) is 65.0 Å². The molecule has 26 nitrogen and oxygen atoms in total. The number of Topliss-reactive ketones (excluding diaryl/α,β-unsaturated/α-hetero) is 4. The molecule has 4 saturated heterocycles. The predicted molar refractivity (Wildman–Crippen MR) is 561 cm³/mol. The Balaban J connectivity index is 0.000000149. The molecule has 2 aromatic heterocycles. The minimum atomic E-state index is -1.22. The van der Waals surface area contributed by atoms with E-state index in [-0.39, 0.29) is 172 Å². The van der Waals surface area contributed by atoms with Gasteiger partial charge in [0.25, 0.3) is 0 Å². The average Bonchev–Trinajstić information content (AvgIpc) is 1.64. The van der Waals surface area contributed by atoms with Crippen molar-refractivity contribution in [3.05, 3.63) is 249 Å². The van der Waals surface area contributed by atoms with Crippen molar-refractivity contribution >= 4 is 92.4 Å². The van der Waals surface area contributed by atoms with Crippen molar-refractivity contribution in [2.45, 2.75) is 266 Å². The third-order valence-corrected chi connectivity index (χ3v) is 34.6. The summed E-state index contributed by atoms with van der Waals surface area (Å²) in [5, 5.41) is 38.8. The summed E-state index contributed by atoms with van der Waals surface area (Å²) in [5.41, 5.74) is 31.6. The van der Waals surface area contributed by atoms with Gasteiger partial charge < -0.3 is 72.1 Å². The number of aromatic carboxylic acids is 4. The molecule has 9 fully saturated rings. The molecule has 9 aliphatic rings. The van der Waals surface area contributed by atoms with Crippen molar-refractivity contribution < 1.29 is 95.5 Å². The van der Waals surface area contributed by atoms with Gasteiger partial charge in [-0.1, -0.05) is 160 Å². The van der Waals surface area contributed by atoms with Gasteiger partial charge in [0.1, 0.15) is 37.2 Å². The fourth-order valence-electron chi connectivity index (χ4n) is 26.0. The number of carboxylic acid groups (broad SMARTS) is 4. The molecule has 9 aromatic rings. The van der Waals surface area contributed by atoms with Crippen LogP contribution in [0.2, 0.25) is 0 Å². The molecule has 7 aromatic carbocycles. The van der Waals surface area contributed by atoms with Gasteiger partial charge in [-0.25, -0.2) is 36.7 Å². The van der Waals surface area contributed by atoms with Gasteiger partial charge in [-0.2, -0.15) is 0 Å². The van der Waals surface area contributed by atoms with Crippen LogP contribution >= 0.6 is 0 Å². The van der Waals surface area contributed by atoms with E-state index in [0.717, 1.165) is 151 Å². The first-order valence-electron chi connectivity index (χ1n) is 53.9. The highest BCUT2D eigenvalue weighted by Gasteiger charge is 2.51. The number of rotatable bonds is 32. The van der Waals surface area contributed by atoms with E-state index < -0.39 is 92.0 Å². The monoisotopic (exact) mass is 2050 g/mol. The first-order chi connectivity index (χ1) is 71.7. The molecule has 12 atom stereocenters. The molecule has 4 unspecified atom stereocenters. The lowest BCUT2D eigenvalue weighted by atomic mass is 9.75. The number of amides is 4. The second kappa shape index (κ2) is 51.0. The van der Waals surface area contributed by atoms with Crippen LogP contribution in [0.25, 0.3) is 21.8 Å². The maximum absolute atomic E-state index is 14.6. The summed E-state index contributed by atoms with van der Waals surface area (Å²) in [6.45, 7) is 2.64. The third kappa shape index (κ3) is 26.1. The second-order valence-electron chi connectivity index (χ2n) is 43.4. The summed E-state index contributed by atoms with van der Waals surface area (Å²) in [4.78, 5) is 163. The average molecular weight is 2050 g/mol. The molecule has 6 heterocycles. The fourth-order valence-corrected chi connectivity index (χ4v) is 26.0. The number of halogens is 4. The largest absolute Gasteiger partial charge is 0.478 e. The van der Waals surface area contributed by atoms with Crippen molar-refractivity contribution in [1.29, 1.82) is 0 Å². The number of hydrogen-bond donors (Lipinski definition) is 8. The number of aromatic nitrogens is 2. The van der Waals surface area contributed by atoms with E-state index in [1.54, 1.807) is 62.2 Å². The van der Waals surface area contributed by atoms with E-state index in [2.05, 4.69) is 6.92 Å². The van der Waals surface area contributed by atoms with Crippen LogP contribution in [0.4, 0.5) is 17.6 Å². The van der Waals surface area contributed by atoms with Crippen molar-refractivity contribution in [1.82, 2.24) is 28.7 Å². The lowest BCUT2D eigenvalue weighted by molar-refractivity contribution is -0.143. The molecular formula is C119H146F4N10O16. The molecule has 0 spiro atoms. The summed E-state index contributed by atoms with van der Waals surface area (Å²) in [6, 6.07) is 50.4.